The van der Waals surface area contributed by atoms with Crippen LogP contribution in [0, 0.1) is 19.7 Å². The van der Waals surface area contributed by atoms with E-state index in [4.69, 9.17) is 4.74 Å². The number of thiazole rings is 1. The second kappa shape index (κ2) is 7.84. The first-order valence-electron chi connectivity index (χ1n) is 8.50. The SMILES string of the molecule is CCOC(=O)Cn1c(=NC(=O)c2cccc(F)c2)sc2cc(C)cc(C)c21. The summed E-state index contributed by atoms with van der Waals surface area (Å²) in [6.07, 6.45) is 0. The summed E-state index contributed by atoms with van der Waals surface area (Å²) in [6, 6.07) is 9.37. The van der Waals surface area contributed by atoms with E-state index >= 15 is 0 Å². The molecule has 0 unspecified atom stereocenters. The van der Waals surface area contributed by atoms with Gasteiger partial charge in [-0.2, -0.15) is 4.99 Å². The van der Waals surface area contributed by atoms with Gasteiger partial charge in [0.15, 0.2) is 4.80 Å². The predicted molar refractivity (Wildman–Crippen MR) is 102 cm³/mol. The molecule has 2 aromatic carbocycles. The summed E-state index contributed by atoms with van der Waals surface area (Å²) >= 11 is 1.31. The summed E-state index contributed by atoms with van der Waals surface area (Å²) in [5.41, 5.74) is 3.05. The summed E-state index contributed by atoms with van der Waals surface area (Å²) < 4.78 is 21.1. The van der Waals surface area contributed by atoms with E-state index in [0.29, 0.717) is 4.80 Å². The molecule has 1 amide bonds. The number of rotatable bonds is 4. The average molecular weight is 386 g/mol. The minimum Gasteiger partial charge on any atom is -0.465 e. The number of nitrogens with zero attached hydrogens (tertiary/aromatic N) is 2. The van der Waals surface area contributed by atoms with Gasteiger partial charge in [-0.05, 0) is 56.2 Å². The molecule has 0 spiro atoms. The van der Waals surface area contributed by atoms with Gasteiger partial charge in [-0.25, -0.2) is 4.39 Å². The van der Waals surface area contributed by atoms with Gasteiger partial charge in [-0.15, -0.1) is 0 Å². The second-order valence-corrected chi connectivity index (χ2v) is 7.14. The Hall–Kier alpha value is -2.80. The fourth-order valence-electron chi connectivity index (χ4n) is 2.93. The van der Waals surface area contributed by atoms with Crippen LogP contribution in [-0.4, -0.2) is 23.1 Å². The molecule has 5 nitrogen and oxygen atoms in total. The van der Waals surface area contributed by atoms with Crippen LogP contribution in [0.15, 0.2) is 41.4 Å². The second-order valence-electron chi connectivity index (χ2n) is 6.13. The Kier molecular flexibility index (Phi) is 5.51. The van der Waals surface area contributed by atoms with Crippen molar-refractivity contribution in [2.24, 2.45) is 4.99 Å². The molecule has 0 fully saturated rings. The third-order valence-corrected chi connectivity index (χ3v) is 5.00. The van der Waals surface area contributed by atoms with E-state index < -0.39 is 17.7 Å². The first-order chi connectivity index (χ1) is 12.9. The van der Waals surface area contributed by atoms with E-state index in [-0.39, 0.29) is 18.7 Å². The lowest BCUT2D eigenvalue weighted by molar-refractivity contribution is -0.143. The number of halogens is 1. The molecule has 0 bridgehead atoms. The van der Waals surface area contributed by atoms with Crippen LogP contribution < -0.4 is 4.80 Å². The van der Waals surface area contributed by atoms with Crippen LogP contribution in [0.4, 0.5) is 4.39 Å². The molecule has 0 saturated carbocycles. The normalized spacial score (nSPS) is 11.8. The first kappa shape index (κ1) is 19.0. The molecule has 27 heavy (non-hydrogen) atoms. The van der Waals surface area contributed by atoms with Crippen LogP contribution in [0.5, 0.6) is 0 Å². The van der Waals surface area contributed by atoms with E-state index in [9.17, 15) is 14.0 Å². The molecule has 3 aromatic rings. The monoisotopic (exact) mass is 386 g/mol. The zero-order valence-corrected chi connectivity index (χ0v) is 16.1. The molecular weight excluding hydrogens is 367 g/mol. The molecule has 0 N–H and O–H groups in total. The van der Waals surface area contributed by atoms with Gasteiger partial charge in [0.25, 0.3) is 5.91 Å². The fraction of sp³-hybridized carbons (Fsp3) is 0.250. The number of aromatic nitrogens is 1. The minimum atomic E-state index is -0.562. The molecular formula is C20H19FN2O3S. The van der Waals surface area contributed by atoms with Crippen molar-refractivity contribution in [2.45, 2.75) is 27.3 Å². The molecule has 1 aromatic heterocycles. The predicted octanol–water partition coefficient (Wildman–Crippen LogP) is 3.76. The summed E-state index contributed by atoms with van der Waals surface area (Å²) in [5, 5.41) is 0. The van der Waals surface area contributed by atoms with Gasteiger partial charge < -0.3 is 9.30 Å². The molecule has 0 aliphatic heterocycles. The van der Waals surface area contributed by atoms with Crippen molar-refractivity contribution < 1.29 is 18.7 Å². The molecule has 0 aliphatic carbocycles. The number of carbonyl (C=O) groups excluding carboxylic acids is 2. The number of carbonyl (C=O) groups is 2. The van der Waals surface area contributed by atoms with Crippen LogP contribution in [0.1, 0.15) is 28.4 Å². The molecule has 0 radical (unpaired) electrons. The van der Waals surface area contributed by atoms with E-state index in [1.807, 2.05) is 26.0 Å². The van der Waals surface area contributed by atoms with Crippen molar-refractivity contribution in [1.29, 1.82) is 0 Å². The van der Waals surface area contributed by atoms with Crippen LogP contribution in [-0.2, 0) is 16.1 Å². The smallest absolute Gasteiger partial charge is 0.326 e. The highest BCUT2D eigenvalue weighted by atomic mass is 32.1. The van der Waals surface area contributed by atoms with Crippen molar-refractivity contribution in [1.82, 2.24) is 4.57 Å². The number of fused-ring (bicyclic) bond motifs is 1. The number of hydrogen-bond donors (Lipinski definition) is 0. The van der Waals surface area contributed by atoms with Gasteiger partial charge in [-0.1, -0.05) is 23.5 Å². The standard InChI is InChI=1S/C20H19FN2O3S/c1-4-26-17(24)11-23-18-13(3)8-12(2)9-16(18)27-20(23)22-19(25)14-6-5-7-15(21)10-14/h5-10H,4,11H2,1-3H3. The largest absolute Gasteiger partial charge is 0.465 e. The Morgan fingerprint density at radius 1 is 1.22 bits per heavy atom. The van der Waals surface area contributed by atoms with E-state index in [1.165, 1.54) is 29.5 Å². The van der Waals surface area contributed by atoms with Crippen molar-refractivity contribution in [2.75, 3.05) is 6.61 Å². The molecule has 0 saturated heterocycles. The zero-order valence-electron chi connectivity index (χ0n) is 15.3. The van der Waals surface area contributed by atoms with Gasteiger partial charge in [0.2, 0.25) is 0 Å². The van der Waals surface area contributed by atoms with Crippen molar-refractivity contribution in [3.63, 3.8) is 0 Å². The summed E-state index contributed by atoms with van der Waals surface area (Å²) in [5.74, 6) is -1.47. The molecule has 1 heterocycles. The van der Waals surface area contributed by atoms with E-state index in [2.05, 4.69) is 4.99 Å². The maximum atomic E-state index is 13.4. The number of esters is 1. The lowest BCUT2D eigenvalue weighted by Crippen LogP contribution is -2.23. The lowest BCUT2D eigenvalue weighted by Gasteiger charge is -2.07. The Labute approximate surface area is 159 Å². The number of hydrogen-bond acceptors (Lipinski definition) is 4. The minimum absolute atomic E-state index is 0.0486. The molecule has 0 aliphatic rings. The van der Waals surface area contributed by atoms with E-state index in [1.54, 1.807) is 11.5 Å². The summed E-state index contributed by atoms with van der Waals surface area (Å²) in [7, 11) is 0. The Morgan fingerprint density at radius 2 is 2.00 bits per heavy atom. The quantitative estimate of drug-likeness (QED) is 0.642. The van der Waals surface area contributed by atoms with Crippen LogP contribution in [0.2, 0.25) is 0 Å². The third kappa shape index (κ3) is 4.14. The number of amides is 1. The number of benzene rings is 2. The van der Waals surface area contributed by atoms with Gasteiger partial charge in [0.1, 0.15) is 12.4 Å². The third-order valence-electron chi connectivity index (χ3n) is 3.97. The van der Waals surface area contributed by atoms with Gasteiger partial charge in [0.05, 0.1) is 16.8 Å². The lowest BCUT2D eigenvalue weighted by atomic mass is 10.1. The zero-order chi connectivity index (χ0) is 19.6. The van der Waals surface area contributed by atoms with Crippen molar-refractivity contribution in [3.05, 3.63) is 63.7 Å². The maximum Gasteiger partial charge on any atom is 0.326 e. The summed E-state index contributed by atoms with van der Waals surface area (Å²) in [4.78, 5) is 29.1. The van der Waals surface area contributed by atoms with Crippen LogP contribution in [0.3, 0.4) is 0 Å². The Bertz CT molecular complexity index is 1100. The molecule has 7 heteroatoms. The van der Waals surface area contributed by atoms with Gasteiger partial charge >= 0.3 is 5.97 Å². The summed E-state index contributed by atoms with van der Waals surface area (Å²) in [6.45, 7) is 5.89. The maximum absolute atomic E-state index is 13.4. The highest BCUT2D eigenvalue weighted by Gasteiger charge is 2.15. The molecule has 3 rings (SSSR count). The first-order valence-corrected chi connectivity index (χ1v) is 9.31. The van der Waals surface area contributed by atoms with Crippen LogP contribution in [0.25, 0.3) is 10.2 Å². The van der Waals surface area contributed by atoms with Crippen LogP contribution >= 0.6 is 11.3 Å². The highest BCUT2D eigenvalue weighted by molar-refractivity contribution is 7.16. The molecule has 0 atom stereocenters. The number of ether oxygens (including phenoxy) is 1. The fourth-order valence-corrected chi connectivity index (χ4v) is 4.14. The highest BCUT2D eigenvalue weighted by Crippen LogP contribution is 2.23. The average Bonchev–Trinajstić information content (AvgIpc) is 2.92. The van der Waals surface area contributed by atoms with Crippen molar-refractivity contribution in [3.8, 4) is 0 Å². The van der Waals surface area contributed by atoms with E-state index in [0.717, 1.165) is 27.4 Å². The van der Waals surface area contributed by atoms with Gasteiger partial charge in [-0.3, -0.25) is 9.59 Å². The molecule has 140 valence electrons. The Morgan fingerprint density at radius 3 is 2.70 bits per heavy atom. The van der Waals surface area contributed by atoms with Gasteiger partial charge in [0, 0.05) is 5.56 Å². The van der Waals surface area contributed by atoms with Crippen molar-refractivity contribution >= 4 is 33.4 Å². The number of aryl methyl sites for hydroxylation is 2. The Balaban J connectivity index is 2.17. The topological polar surface area (TPSA) is 60.7 Å².